The molecule has 0 bridgehead atoms. The summed E-state index contributed by atoms with van der Waals surface area (Å²) in [5.74, 6) is -0.703. The Labute approximate surface area is 178 Å². The van der Waals surface area contributed by atoms with Crippen LogP contribution >= 0.6 is 0 Å². The lowest BCUT2D eigenvalue weighted by molar-refractivity contribution is -0.118. The molecule has 0 saturated carbocycles. The Morgan fingerprint density at radius 2 is 1.74 bits per heavy atom. The van der Waals surface area contributed by atoms with E-state index in [1.165, 1.54) is 0 Å². The summed E-state index contributed by atoms with van der Waals surface area (Å²) in [7, 11) is 0. The Morgan fingerprint density at radius 1 is 1.03 bits per heavy atom. The number of carbonyl (C=O) groups excluding carboxylic acids is 3. The molecule has 0 unspecified atom stereocenters. The number of amides is 2. The zero-order valence-corrected chi connectivity index (χ0v) is 16.9. The number of carbonyl (C=O) groups is 3. The summed E-state index contributed by atoms with van der Waals surface area (Å²) in [4.78, 5) is 34.7. The number of ether oxygens (including phenoxy) is 2. The maximum absolute atomic E-state index is 12.1. The molecule has 0 fully saturated rings. The summed E-state index contributed by atoms with van der Waals surface area (Å²) in [5.41, 5.74) is 7.46. The summed E-state index contributed by atoms with van der Waals surface area (Å²) in [6.45, 7) is 1.85. The minimum Gasteiger partial charge on any atom is -0.484 e. The van der Waals surface area contributed by atoms with E-state index in [1.807, 2.05) is 0 Å². The van der Waals surface area contributed by atoms with E-state index in [9.17, 15) is 14.4 Å². The standard InChI is InChI=1S/C22H22N4O5/c1-2-30-22(29)19-11-12-26(25-19)17-7-5-16(6-8-17)24-21(28)14-31-18-9-3-15(4-10-18)13-20(23)27/h3-12H,2,13-14H2,1H3,(H2,23,27)(H,24,28). The fraction of sp³-hybridized carbons (Fsp3) is 0.182. The molecule has 1 heterocycles. The van der Waals surface area contributed by atoms with Crippen LogP contribution in [0.5, 0.6) is 5.75 Å². The summed E-state index contributed by atoms with van der Waals surface area (Å²) in [6.07, 6.45) is 1.81. The predicted molar refractivity (Wildman–Crippen MR) is 113 cm³/mol. The molecule has 1 aromatic heterocycles. The molecule has 0 saturated heterocycles. The van der Waals surface area contributed by atoms with Gasteiger partial charge in [-0.25, -0.2) is 9.48 Å². The topological polar surface area (TPSA) is 126 Å². The van der Waals surface area contributed by atoms with Gasteiger partial charge in [-0.1, -0.05) is 12.1 Å². The van der Waals surface area contributed by atoms with E-state index in [0.717, 1.165) is 11.3 Å². The van der Waals surface area contributed by atoms with Gasteiger partial charge in [0.2, 0.25) is 5.91 Å². The first-order chi connectivity index (χ1) is 14.9. The van der Waals surface area contributed by atoms with Crippen LogP contribution in [-0.2, 0) is 20.7 Å². The second-order valence-electron chi connectivity index (χ2n) is 6.54. The number of esters is 1. The number of anilines is 1. The largest absolute Gasteiger partial charge is 0.484 e. The highest BCUT2D eigenvalue weighted by atomic mass is 16.5. The fourth-order valence-corrected chi connectivity index (χ4v) is 2.73. The number of nitrogens with zero attached hydrogens (tertiary/aromatic N) is 2. The minimum absolute atomic E-state index is 0.152. The van der Waals surface area contributed by atoms with Crippen molar-refractivity contribution in [3.8, 4) is 11.4 Å². The Kier molecular flexibility index (Phi) is 7.00. The lowest BCUT2D eigenvalue weighted by atomic mass is 10.1. The van der Waals surface area contributed by atoms with E-state index in [0.29, 0.717) is 11.4 Å². The molecule has 9 nitrogen and oxygen atoms in total. The number of aromatic nitrogens is 2. The van der Waals surface area contributed by atoms with Crippen molar-refractivity contribution in [1.29, 1.82) is 0 Å². The molecule has 0 aliphatic carbocycles. The summed E-state index contributed by atoms with van der Waals surface area (Å²) >= 11 is 0. The number of hydrogen-bond donors (Lipinski definition) is 2. The first-order valence-corrected chi connectivity index (χ1v) is 9.57. The average molecular weight is 422 g/mol. The maximum atomic E-state index is 12.1. The first-order valence-electron chi connectivity index (χ1n) is 9.57. The Bertz CT molecular complexity index is 1060. The summed E-state index contributed by atoms with van der Waals surface area (Å²) < 4.78 is 11.9. The molecule has 0 aliphatic heterocycles. The molecule has 3 rings (SSSR count). The van der Waals surface area contributed by atoms with E-state index in [1.54, 1.807) is 72.4 Å². The van der Waals surface area contributed by atoms with Crippen LogP contribution in [0.4, 0.5) is 5.69 Å². The van der Waals surface area contributed by atoms with E-state index in [-0.39, 0.29) is 31.2 Å². The van der Waals surface area contributed by atoms with E-state index in [2.05, 4.69) is 10.4 Å². The smallest absolute Gasteiger partial charge is 0.358 e. The zero-order chi connectivity index (χ0) is 22.2. The molecule has 2 aromatic carbocycles. The van der Waals surface area contributed by atoms with Crippen molar-refractivity contribution in [3.63, 3.8) is 0 Å². The van der Waals surface area contributed by atoms with Crippen molar-refractivity contribution in [2.75, 3.05) is 18.5 Å². The van der Waals surface area contributed by atoms with E-state index < -0.39 is 11.9 Å². The molecule has 2 amide bonds. The number of hydrogen-bond acceptors (Lipinski definition) is 6. The molecule has 0 radical (unpaired) electrons. The lowest BCUT2D eigenvalue weighted by Crippen LogP contribution is -2.20. The molecule has 0 atom stereocenters. The van der Waals surface area contributed by atoms with Gasteiger partial charge in [0.25, 0.3) is 5.91 Å². The third kappa shape index (κ3) is 6.17. The van der Waals surface area contributed by atoms with Gasteiger partial charge >= 0.3 is 5.97 Å². The van der Waals surface area contributed by atoms with Gasteiger partial charge in [0, 0.05) is 11.9 Å². The lowest BCUT2D eigenvalue weighted by Gasteiger charge is -2.09. The number of rotatable bonds is 9. The van der Waals surface area contributed by atoms with Gasteiger partial charge in [0.15, 0.2) is 12.3 Å². The minimum atomic E-state index is -0.479. The second-order valence-corrected chi connectivity index (χ2v) is 6.54. The van der Waals surface area contributed by atoms with Gasteiger partial charge in [0.05, 0.1) is 18.7 Å². The molecular weight excluding hydrogens is 400 g/mol. The van der Waals surface area contributed by atoms with Crippen LogP contribution in [0.2, 0.25) is 0 Å². The SMILES string of the molecule is CCOC(=O)c1ccn(-c2ccc(NC(=O)COc3ccc(CC(N)=O)cc3)cc2)n1. The molecule has 9 heteroatoms. The van der Waals surface area contributed by atoms with Gasteiger partial charge in [-0.3, -0.25) is 9.59 Å². The zero-order valence-electron chi connectivity index (χ0n) is 16.9. The van der Waals surface area contributed by atoms with Crippen LogP contribution in [0.15, 0.2) is 60.8 Å². The van der Waals surface area contributed by atoms with Crippen molar-refractivity contribution >= 4 is 23.5 Å². The van der Waals surface area contributed by atoms with Crippen LogP contribution in [-0.4, -0.2) is 40.8 Å². The van der Waals surface area contributed by atoms with Crippen LogP contribution in [0.1, 0.15) is 23.0 Å². The summed E-state index contributed by atoms with van der Waals surface area (Å²) in [6, 6.07) is 15.3. The molecule has 160 valence electrons. The van der Waals surface area contributed by atoms with Gasteiger partial charge in [-0.2, -0.15) is 5.10 Å². The van der Waals surface area contributed by atoms with E-state index in [4.69, 9.17) is 15.2 Å². The highest BCUT2D eigenvalue weighted by Crippen LogP contribution is 2.15. The fourth-order valence-electron chi connectivity index (χ4n) is 2.73. The number of nitrogens with one attached hydrogen (secondary N) is 1. The van der Waals surface area contributed by atoms with Gasteiger partial charge < -0.3 is 20.5 Å². The predicted octanol–water partition coefficient (Wildman–Crippen LogP) is 2.09. The first kappa shape index (κ1) is 21.6. The third-order valence-corrected chi connectivity index (χ3v) is 4.16. The normalized spacial score (nSPS) is 10.4. The van der Waals surface area contributed by atoms with Crippen molar-refractivity contribution < 1.29 is 23.9 Å². The quantitative estimate of drug-likeness (QED) is 0.509. The number of benzene rings is 2. The molecule has 31 heavy (non-hydrogen) atoms. The molecule has 0 spiro atoms. The van der Waals surface area contributed by atoms with Crippen LogP contribution in [0, 0.1) is 0 Å². The van der Waals surface area contributed by atoms with Crippen molar-refractivity contribution in [2.45, 2.75) is 13.3 Å². The summed E-state index contributed by atoms with van der Waals surface area (Å²) in [5, 5.41) is 6.92. The second kappa shape index (κ2) is 10.1. The van der Waals surface area contributed by atoms with Crippen molar-refractivity contribution in [2.24, 2.45) is 5.73 Å². The van der Waals surface area contributed by atoms with Gasteiger partial charge in [-0.15, -0.1) is 0 Å². The van der Waals surface area contributed by atoms with Crippen LogP contribution in [0.25, 0.3) is 5.69 Å². The molecule has 0 aliphatic rings. The highest BCUT2D eigenvalue weighted by molar-refractivity contribution is 5.92. The Hall–Kier alpha value is -4.14. The Morgan fingerprint density at radius 3 is 2.39 bits per heavy atom. The number of nitrogens with two attached hydrogens (primary N) is 1. The number of primary amides is 1. The maximum Gasteiger partial charge on any atom is 0.358 e. The van der Waals surface area contributed by atoms with Crippen molar-refractivity contribution in [1.82, 2.24) is 9.78 Å². The van der Waals surface area contributed by atoms with E-state index >= 15 is 0 Å². The molecule has 3 aromatic rings. The monoisotopic (exact) mass is 422 g/mol. The average Bonchev–Trinajstić information content (AvgIpc) is 3.24. The molecule has 3 N–H and O–H groups in total. The third-order valence-electron chi connectivity index (χ3n) is 4.16. The highest BCUT2D eigenvalue weighted by Gasteiger charge is 2.11. The van der Waals surface area contributed by atoms with Crippen LogP contribution in [0.3, 0.4) is 0 Å². The molecular formula is C22H22N4O5. The van der Waals surface area contributed by atoms with Crippen molar-refractivity contribution in [3.05, 3.63) is 72.1 Å². The Balaban J connectivity index is 1.52. The van der Waals surface area contributed by atoms with Gasteiger partial charge in [0.1, 0.15) is 5.75 Å². The van der Waals surface area contributed by atoms with Crippen LogP contribution < -0.4 is 15.8 Å². The van der Waals surface area contributed by atoms with Gasteiger partial charge in [-0.05, 0) is 55.0 Å².